The quantitative estimate of drug-likeness (QED) is 0.290. The summed E-state index contributed by atoms with van der Waals surface area (Å²) in [4.78, 5) is 26.8. The molecule has 0 saturated carbocycles. The molecule has 9 heteroatoms. The van der Waals surface area contributed by atoms with E-state index in [4.69, 9.17) is 32.7 Å². The molecule has 0 radical (unpaired) electrons. The molecule has 1 unspecified atom stereocenters. The van der Waals surface area contributed by atoms with Gasteiger partial charge in [-0.15, -0.1) is 0 Å². The minimum atomic E-state index is -1.08. The summed E-state index contributed by atoms with van der Waals surface area (Å²) in [6, 6.07) is 18.3. The number of ether oxygens (including phenoxy) is 2. The normalized spacial score (nSPS) is 14.8. The SMILES string of the molecule is COc1cc2c(ccn2CCC(=O)N2CCc3ccccc3C2c2cc(Cl)ccc2OCC(=O)O)cc1Cl. The molecular formula is C29H26Cl2N2O5. The first-order valence-corrected chi connectivity index (χ1v) is 12.9. The first-order valence-electron chi connectivity index (χ1n) is 12.2. The molecule has 0 fully saturated rings. The fourth-order valence-electron chi connectivity index (χ4n) is 5.08. The molecule has 1 amide bonds. The average Bonchev–Trinajstić information content (AvgIpc) is 3.31. The lowest BCUT2D eigenvalue weighted by atomic mass is 9.87. The Kier molecular flexibility index (Phi) is 7.49. The molecule has 1 N–H and O–H groups in total. The van der Waals surface area contributed by atoms with Crippen molar-refractivity contribution in [1.82, 2.24) is 9.47 Å². The number of benzene rings is 3. The van der Waals surface area contributed by atoms with Gasteiger partial charge in [0.2, 0.25) is 5.91 Å². The summed E-state index contributed by atoms with van der Waals surface area (Å²) in [7, 11) is 1.57. The van der Waals surface area contributed by atoms with Gasteiger partial charge in [0.15, 0.2) is 6.61 Å². The Hall–Kier alpha value is -3.68. The number of carbonyl (C=O) groups excluding carboxylic acids is 1. The molecule has 38 heavy (non-hydrogen) atoms. The summed E-state index contributed by atoms with van der Waals surface area (Å²) in [6.07, 6.45) is 2.91. The van der Waals surface area contributed by atoms with Crippen LogP contribution in [0.2, 0.25) is 10.0 Å². The van der Waals surface area contributed by atoms with Crippen molar-refractivity contribution in [1.29, 1.82) is 0 Å². The van der Waals surface area contributed by atoms with E-state index in [1.54, 1.807) is 25.3 Å². The highest BCUT2D eigenvalue weighted by Gasteiger charge is 2.34. The van der Waals surface area contributed by atoms with E-state index < -0.39 is 18.6 Å². The third-order valence-electron chi connectivity index (χ3n) is 6.83. The third kappa shape index (κ3) is 5.17. The molecule has 1 atom stereocenters. The lowest BCUT2D eigenvalue weighted by Gasteiger charge is -2.38. The number of carboxylic acids is 1. The molecule has 1 aliphatic heterocycles. The van der Waals surface area contributed by atoms with E-state index in [-0.39, 0.29) is 12.3 Å². The second-order valence-corrected chi connectivity index (χ2v) is 9.95. The average molecular weight is 553 g/mol. The van der Waals surface area contributed by atoms with Crippen molar-refractivity contribution in [3.63, 3.8) is 0 Å². The van der Waals surface area contributed by atoms with Crippen LogP contribution < -0.4 is 9.47 Å². The number of fused-ring (bicyclic) bond motifs is 2. The second kappa shape index (κ2) is 11.0. The van der Waals surface area contributed by atoms with Gasteiger partial charge in [-0.2, -0.15) is 0 Å². The van der Waals surface area contributed by atoms with Gasteiger partial charge >= 0.3 is 5.97 Å². The Balaban J connectivity index is 1.47. The molecule has 0 spiro atoms. The van der Waals surface area contributed by atoms with E-state index >= 15 is 0 Å². The van der Waals surface area contributed by atoms with Crippen LogP contribution in [0.4, 0.5) is 0 Å². The van der Waals surface area contributed by atoms with Crippen molar-refractivity contribution in [2.24, 2.45) is 0 Å². The van der Waals surface area contributed by atoms with E-state index in [1.807, 2.05) is 52.1 Å². The number of rotatable bonds is 8. The van der Waals surface area contributed by atoms with Crippen LogP contribution >= 0.6 is 23.2 Å². The number of amides is 1. The molecule has 7 nitrogen and oxygen atoms in total. The van der Waals surface area contributed by atoms with Crippen LogP contribution in [0.3, 0.4) is 0 Å². The zero-order chi connectivity index (χ0) is 26.8. The smallest absolute Gasteiger partial charge is 0.341 e. The summed E-state index contributed by atoms with van der Waals surface area (Å²) in [6.45, 7) is 0.488. The predicted octanol–water partition coefficient (Wildman–Crippen LogP) is 5.98. The van der Waals surface area contributed by atoms with Crippen LogP contribution in [0.5, 0.6) is 11.5 Å². The molecule has 1 aliphatic rings. The van der Waals surface area contributed by atoms with Crippen molar-refractivity contribution in [2.75, 3.05) is 20.3 Å². The molecule has 0 aliphatic carbocycles. The highest BCUT2D eigenvalue weighted by Crippen LogP contribution is 2.41. The molecule has 5 rings (SSSR count). The van der Waals surface area contributed by atoms with Gasteiger partial charge in [0.05, 0.1) is 23.7 Å². The number of carbonyl (C=O) groups is 2. The Labute approximate surface area is 230 Å². The Morgan fingerprint density at radius 2 is 1.84 bits per heavy atom. The van der Waals surface area contributed by atoms with Crippen LogP contribution in [0.1, 0.15) is 29.2 Å². The van der Waals surface area contributed by atoms with Gasteiger partial charge < -0.3 is 24.0 Å². The van der Waals surface area contributed by atoms with E-state index in [9.17, 15) is 14.7 Å². The van der Waals surface area contributed by atoms with Gasteiger partial charge in [-0.25, -0.2) is 4.79 Å². The van der Waals surface area contributed by atoms with Crippen molar-refractivity contribution in [3.8, 4) is 11.5 Å². The first-order chi connectivity index (χ1) is 18.4. The summed E-state index contributed by atoms with van der Waals surface area (Å²) < 4.78 is 13.0. The molecular weight excluding hydrogens is 527 g/mol. The molecule has 1 aromatic heterocycles. The number of aliphatic carboxylic acids is 1. The van der Waals surface area contributed by atoms with Gasteiger partial charge in [0, 0.05) is 47.7 Å². The number of aryl methyl sites for hydroxylation is 1. The third-order valence-corrected chi connectivity index (χ3v) is 7.36. The predicted molar refractivity (Wildman–Crippen MR) is 146 cm³/mol. The lowest BCUT2D eigenvalue weighted by Crippen LogP contribution is -2.41. The van der Waals surface area contributed by atoms with Gasteiger partial charge in [-0.1, -0.05) is 47.5 Å². The van der Waals surface area contributed by atoms with E-state index in [0.717, 1.165) is 22.0 Å². The maximum atomic E-state index is 13.8. The molecule has 4 aromatic rings. The molecule has 3 aromatic carbocycles. The van der Waals surface area contributed by atoms with E-state index in [0.29, 0.717) is 46.6 Å². The minimum absolute atomic E-state index is 0.0311. The van der Waals surface area contributed by atoms with Crippen molar-refractivity contribution >= 4 is 46.0 Å². The molecule has 0 bridgehead atoms. The first kappa shape index (κ1) is 25.9. The second-order valence-electron chi connectivity index (χ2n) is 9.11. The van der Waals surface area contributed by atoms with Gasteiger partial charge in [-0.05, 0) is 47.9 Å². The van der Waals surface area contributed by atoms with Crippen LogP contribution in [0.15, 0.2) is 66.9 Å². The van der Waals surface area contributed by atoms with E-state index in [2.05, 4.69) is 6.07 Å². The van der Waals surface area contributed by atoms with Crippen LogP contribution in [-0.4, -0.2) is 46.7 Å². The Morgan fingerprint density at radius 3 is 2.63 bits per heavy atom. The highest BCUT2D eigenvalue weighted by atomic mass is 35.5. The zero-order valence-electron chi connectivity index (χ0n) is 20.7. The number of carboxylic acid groups (broad SMARTS) is 1. The summed E-state index contributed by atoms with van der Waals surface area (Å²) in [5.41, 5.74) is 3.69. The van der Waals surface area contributed by atoms with Crippen LogP contribution in [0.25, 0.3) is 10.9 Å². The number of hydrogen-bond donors (Lipinski definition) is 1. The molecule has 2 heterocycles. The minimum Gasteiger partial charge on any atom is -0.495 e. The Bertz CT molecular complexity index is 1520. The van der Waals surface area contributed by atoms with Gasteiger partial charge in [0.25, 0.3) is 0 Å². The lowest BCUT2D eigenvalue weighted by molar-refractivity contribution is -0.139. The fourth-order valence-corrected chi connectivity index (χ4v) is 5.51. The molecule has 196 valence electrons. The standard InChI is InChI=1S/C29H26Cl2N2O5/c1-37-26-16-24-19(14-23(26)31)8-11-32(24)12-10-27(34)33-13-9-18-4-2-3-5-21(18)29(33)22-15-20(30)6-7-25(22)38-17-28(35)36/h2-8,11,14-16,29H,9-10,12-13,17H2,1H3,(H,35,36). The number of methoxy groups -OCH3 is 1. The summed E-state index contributed by atoms with van der Waals surface area (Å²) in [5, 5.41) is 11.2. The van der Waals surface area contributed by atoms with Crippen LogP contribution in [-0.2, 0) is 22.6 Å². The largest absolute Gasteiger partial charge is 0.495 e. The number of aromatic nitrogens is 1. The fraction of sp³-hybridized carbons (Fsp3) is 0.241. The number of nitrogens with zero attached hydrogens (tertiary/aromatic N) is 2. The van der Waals surface area contributed by atoms with Gasteiger partial charge in [0.1, 0.15) is 11.5 Å². The van der Waals surface area contributed by atoms with Crippen molar-refractivity contribution in [3.05, 3.63) is 93.6 Å². The monoisotopic (exact) mass is 552 g/mol. The highest BCUT2D eigenvalue weighted by molar-refractivity contribution is 6.32. The maximum absolute atomic E-state index is 13.8. The van der Waals surface area contributed by atoms with Crippen molar-refractivity contribution in [2.45, 2.75) is 25.4 Å². The Morgan fingerprint density at radius 1 is 1.03 bits per heavy atom. The summed E-state index contributed by atoms with van der Waals surface area (Å²) >= 11 is 12.6. The zero-order valence-corrected chi connectivity index (χ0v) is 22.2. The van der Waals surface area contributed by atoms with E-state index in [1.165, 1.54) is 0 Å². The number of hydrogen-bond acceptors (Lipinski definition) is 4. The van der Waals surface area contributed by atoms with Crippen molar-refractivity contribution < 1.29 is 24.2 Å². The number of halogens is 2. The van der Waals surface area contributed by atoms with Gasteiger partial charge in [-0.3, -0.25) is 4.79 Å². The summed E-state index contributed by atoms with van der Waals surface area (Å²) in [5.74, 6) is -0.152. The topological polar surface area (TPSA) is 81.0 Å². The van der Waals surface area contributed by atoms with Crippen LogP contribution in [0, 0.1) is 0 Å². The maximum Gasteiger partial charge on any atom is 0.341 e. The molecule has 0 saturated heterocycles.